The third-order valence-electron chi connectivity index (χ3n) is 8.46. The number of aromatic hydroxyl groups is 1. The minimum atomic E-state index is -0.381. The van der Waals surface area contributed by atoms with Crippen LogP contribution in [0.3, 0.4) is 0 Å². The van der Waals surface area contributed by atoms with E-state index in [1.54, 1.807) is 17.0 Å². The maximum Gasteiger partial charge on any atom is 0.318 e. The van der Waals surface area contributed by atoms with Crippen LogP contribution < -0.4 is 14.5 Å². The van der Waals surface area contributed by atoms with Gasteiger partial charge in [-0.15, -0.1) is 0 Å². The van der Waals surface area contributed by atoms with Crippen LogP contribution in [0.4, 0.5) is 15.9 Å². The summed E-state index contributed by atoms with van der Waals surface area (Å²) in [6.45, 7) is 4.54. The highest BCUT2D eigenvalue weighted by Crippen LogP contribution is 2.41. The van der Waals surface area contributed by atoms with Crippen molar-refractivity contribution < 1.29 is 24.1 Å². The molecule has 9 nitrogen and oxygen atoms in total. The summed E-state index contributed by atoms with van der Waals surface area (Å²) in [5, 5.41) is 21.9. The van der Waals surface area contributed by atoms with Crippen LogP contribution in [0.1, 0.15) is 60.6 Å². The second kappa shape index (κ2) is 10.8. The van der Waals surface area contributed by atoms with E-state index >= 15 is 0 Å². The third-order valence-corrected chi connectivity index (χ3v) is 8.46. The molecular formula is C30H36FN5O4. The van der Waals surface area contributed by atoms with Gasteiger partial charge in [-0.1, -0.05) is 25.8 Å². The SMILES string of the molecule is CCc1c(F)ccc2cc(O)cc(N3Cc4nc(OC[C@@H]5C[C@@H](O)CN5C)nc(N5CCCCCC5)c4C3=O)c12. The van der Waals surface area contributed by atoms with Crippen LogP contribution in [0.5, 0.6) is 11.8 Å². The number of hydrogen-bond donors (Lipinski definition) is 2. The van der Waals surface area contributed by atoms with Crippen molar-refractivity contribution in [2.75, 3.05) is 43.1 Å². The minimum Gasteiger partial charge on any atom is -0.508 e. The van der Waals surface area contributed by atoms with E-state index < -0.39 is 0 Å². The van der Waals surface area contributed by atoms with E-state index in [1.165, 1.54) is 12.1 Å². The number of anilines is 2. The van der Waals surface area contributed by atoms with Crippen molar-refractivity contribution in [2.45, 2.75) is 64.1 Å². The van der Waals surface area contributed by atoms with Gasteiger partial charge in [0.25, 0.3) is 5.91 Å². The van der Waals surface area contributed by atoms with Gasteiger partial charge in [0, 0.05) is 37.1 Å². The topological polar surface area (TPSA) is 102 Å². The van der Waals surface area contributed by atoms with E-state index in [1.807, 2.05) is 14.0 Å². The number of aliphatic hydroxyl groups is 1. The number of hydrogen-bond acceptors (Lipinski definition) is 8. The molecule has 4 heterocycles. The molecule has 0 spiro atoms. The smallest absolute Gasteiger partial charge is 0.318 e. The number of likely N-dealkylation sites (N-methyl/N-ethyl adjacent to an activating group) is 1. The van der Waals surface area contributed by atoms with E-state index in [4.69, 9.17) is 9.72 Å². The van der Waals surface area contributed by atoms with Gasteiger partial charge in [0.2, 0.25) is 0 Å². The highest BCUT2D eigenvalue weighted by molar-refractivity contribution is 6.16. The van der Waals surface area contributed by atoms with Crippen molar-refractivity contribution in [2.24, 2.45) is 0 Å². The number of phenolic OH excluding ortho intramolecular Hbond substituents is 1. The number of aliphatic hydroxyl groups excluding tert-OH is 1. The lowest BCUT2D eigenvalue weighted by molar-refractivity contribution is 0.0997. The predicted molar refractivity (Wildman–Crippen MR) is 151 cm³/mol. The number of ether oxygens (including phenoxy) is 1. The normalized spacial score (nSPS) is 21.8. The van der Waals surface area contributed by atoms with Crippen LogP contribution in [-0.2, 0) is 13.0 Å². The fourth-order valence-corrected chi connectivity index (χ4v) is 6.38. The first-order valence-corrected chi connectivity index (χ1v) is 14.3. The molecule has 2 aromatic carbocycles. The number of halogens is 1. The summed E-state index contributed by atoms with van der Waals surface area (Å²) in [7, 11) is 1.96. The molecule has 0 unspecified atom stereocenters. The van der Waals surface area contributed by atoms with E-state index in [2.05, 4.69) is 14.8 Å². The van der Waals surface area contributed by atoms with E-state index in [9.17, 15) is 19.4 Å². The molecule has 0 bridgehead atoms. The zero-order chi connectivity index (χ0) is 28.0. The number of β-amino-alcohol motifs (C(OH)–C–C–N with tert-alkyl or cyclic N) is 1. The van der Waals surface area contributed by atoms with Gasteiger partial charge in [-0.25, -0.2) is 4.39 Å². The molecule has 3 aliphatic heterocycles. The standard InChI is InChI=1S/C30H36FN5O4/c1-3-22-23(31)9-8-18-12-20(37)14-25(26(18)22)36-16-24-27(29(36)39)28(35-10-6-4-5-7-11-35)33-30(32-24)40-17-19-13-21(38)15-34(19)2/h8-9,12,14,19,21,37-38H,3-7,10-11,13,15-17H2,1-2H3/t19-,21+/m0/s1. The Bertz CT molecular complexity index is 1440. The number of aryl methyl sites for hydroxylation is 1. The van der Waals surface area contributed by atoms with Crippen LogP contribution in [0.25, 0.3) is 10.8 Å². The lowest BCUT2D eigenvalue weighted by Gasteiger charge is -2.24. The first-order valence-electron chi connectivity index (χ1n) is 14.3. The maximum absolute atomic E-state index is 14.9. The summed E-state index contributed by atoms with van der Waals surface area (Å²) in [4.78, 5) is 29.4. The predicted octanol–water partition coefficient (Wildman–Crippen LogP) is 4.02. The number of rotatable bonds is 6. The summed E-state index contributed by atoms with van der Waals surface area (Å²) < 4.78 is 21.0. The number of nitrogens with zero attached hydrogens (tertiary/aromatic N) is 5. The first-order chi connectivity index (χ1) is 19.3. The Kier molecular flexibility index (Phi) is 7.22. The Labute approximate surface area is 233 Å². The van der Waals surface area contributed by atoms with Crippen LogP contribution in [0.15, 0.2) is 24.3 Å². The van der Waals surface area contributed by atoms with Gasteiger partial charge in [0.1, 0.15) is 29.6 Å². The highest BCUT2D eigenvalue weighted by atomic mass is 19.1. The lowest BCUT2D eigenvalue weighted by Crippen LogP contribution is -2.31. The van der Waals surface area contributed by atoms with Crippen molar-refractivity contribution in [3.8, 4) is 11.8 Å². The number of carbonyl (C=O) groups is 1. The molecule has 6 rings (SSSR count). The molecule has 10 heteroatoms. The average molecular weight is 550 g/mol. The molecule has 2 saturated heterocycles. The molecule has 2 atom stereocenters. The van der Waals surface area contributed by atoms with Crippen molar-refractivity contribution in [1.29, 1.82) is 0 Å². The number of amides is 1. The number of benzene rings is 2. The van der Waals surface area contributed by atoms with E-state index in [-0.39, 0.29) is 42.2 Å². The summed E-state index contributed by atoms with van der Waals surface area (Å²) >= 11 is 0. The summed E-state index contributed by atoms with van der Waals surface area (Å²) in [5.74, 6) is -0.0299. The summed E-state index contributed by atoms with van der Waals surface area (Å²) in [5.41, 5.74) is 1.95. The van der Waals surface area contributed by atoms with Crippen LogP contribution in [-0.4, -0.2) is 76.4 Å². The Morgan fingerprint density at radius 1 is 1.12 bits per heavy atom. The van der Waals surface area contributed by atoms with Crippen LogP contribution >= 0.6 is 0 Å². The van der Waals surface area contributed by atoms with Gasteiger partial charge in [0.15, 0.2) is 0 Å². The summed E-state index contributed by atoms with van der Waals surface area (Å²) in [6.07, 6.45) is 4.95. The molecular weight excluding hydrogens is 513 g/mol. The number of carbonyl (C=O) groups excluding carboxylic acids is 1. The molecule has 0 saturated carbocycles. The maximum atomic E-state index is 14.9. The Hall–Kier alpha value is -3.50. The van der Waals surface area contributed by atoms with Crippen molar-refractivity contribution >= 4 is 28.2 Å². The van der Waals surface area contributed by atoms with Gasteiger partial charge in [-0.05, 0) is 55.8 Å². The Morgan fingerprint density at radius 2 is 1.90 bits per heavy atom. The van der Waals surface area contributed by atoms with Crippen LogP contribution in [0, 0.1) is 5.82 Å². The van der Waals surface area contributed by atoms with Gasteiger partial charge < -0.3 is 24.7 Å². The van der Waals surface area contributed by atoms with Gasteiger partial charge in [0.05, 0.1) is 24.0 Å². The van der Waals surface area contributed by atoms with Gasteiger partial charge >= 0.3 is 6.01 Å². The third kappa shape index (κ3) is 4.83. The monoisotopic (exact) mass is 549 g/mol. The molecule has 0 aliphatic carbocycles. The number of fused-ring (bicyclic) bond motifs is 2. The largest absolute Gasteiger partial charge is 0.508 e. The quantitative estimate of drug-likeness (QED) is 0.476. The van der Waals surface area contributed by atoms with Crippen molar-refractivity contribution in [3.63, 3.8) is 0 Å². The fraction of sp³-hybridized carbons (Fsp3) is 0.500. The lowest BCUT2D eigenvalue weighted by atomic mass is 9.99. The number of phenols is 1. The van der Waals surface area contributed by atoms with Gasteiger partial charge in [-0.3, -0.25) is 9.69 Å². The molecule has 0 radical (unpaired) electrons. The zero-order valence-corrected chi connectivity index (χ0v) is 23.1. The van der Waals surface area contributed by atoms with Crippen molar-refractivity contribution in [1.82, 2.24) is 14.9 Å². The zero-order valence-electron chi connectivity index (χ0n) is 23.1. The van der Waals surface area contributed by atoms with E-state index in [0.29, 0.717) is 65.1 Å². The number of aromatic nitrogens is 2. The summed E-state index contributed by atoms with van der Waals surface area (Å²) in [6, 6.07) is 6.42. The second-order valence-electron chi connectivity index (χ2n) is 11.2. The molecule has 3 aliphatic rings. The number of likely N-dealkylation sites (tertiary alicyclic amines) is 1. The molecule has 40 heavy (non-hydrogen) atoms. The van der Waals surface area contributed by atoms with Crippen LogP contribution in [0.2, 0.25) is 0 Å². The van der Waals surface area contributed by atoms with Gasteiger partial charge in [-0.2, -0.15) is 9.97 Å². The molecule has 3 aromatic rings. The Morgan fingerprint density at radius 3 is 2.60 bits per heavy atom. The fourth-order valence-electron chi connectivity index (χ4n) is 6.38. The molecule has 1 aromatic heterocycles. The molecule has 212 valence electrons. The molecule has 2 N–H and O–H groups in total. The minimum absolute atomic E-state index is 0.00522. The van der Waals surface area contributed by atoms with E-state index in [0.717, 1.165) is 38.8 Å². The highest BCUT2D eigenvalue weighted by Gasteiger charge is 2.38. The average Bonchev–Trinajstić information content (AvgIpc) is 3.29. The van der Waals surface area contributed by atoms with Crippen molar-refractivity contribution in [3.05, 3.63) is 46.9 Å². The second-order valence-corrected chi connectivity index (χ2v) is 11.2. The molecule has 1 amide bonds. The Balaban J connectivity index is 1.41. The molecule has 2 fully saturated rings. The first kappa shape index (κ1) is 26.7.